The molecule has 0 spiro atoms. The van der Waals surface area contributed by atoms with Gasteiger partial charge in [-0.15, -0.1) is 0 Å². The molecule has 1 N–H and O–H groups in total. The SMILES string of the molecule is COc1cc([N+](=O)[O-])ccc1-c1ccc([C@H]2[C@H](c3ccccn3)NC(=S)N2c2ccc(Br)c(C)c2)o1. The monoisotopic (exact) mass is 564 g/mol. The summed E-state index contributed by atoms with van der Waals surface area (Å²) in [5, 5.41) is 15.2. The minimum absolute atomic E-state index is 0.0558. The minimum atomic E-state index is -0.458. The highest BCUT2D eigenvalue weighted by Gasteiger charge is 2.42. The van der Waals surface area contributed by atoms with E-state index in [9.17, 15) is 10.1 Å². The van der Waals surface area contributed by atoms with Crippen LogP contribution in [0.5, 0.6) is 5.75 Å². The Morgan fingerprint density at radius 3 is 2.69 bits per heavy atom. The molecule has 3 heterocycles. The molecule has 0 aliphatic carbocycles. The molecule has 0 saturated carbocycles. The van der Waals surface area contributed by atoms with Crippen molar-refractivity contribution >= 4 is 44.6 Å². The van der Waals surface area contributed by atoms with E-state index in [1.807, 2.05) is 54.3 Å². The lowest BCUT2D eigenvalue weighted by molar-refractivity contribution is -0.384. The summed E-state index contributed by atoms with van der Waals surface area (Å²) in [6.07, 6.45) is 1.75. The summed E-state index contributed by atoms with van der Waals surface area (Å²) in [5.41, 5.74) is 3.38. The number of hydrogen-bond acceptors (Lipinski definition) is 6. The number of furan rings is 1. The number of nitrogens with zero attached hydrogens (tertiary/aromatic N) is 3. The molecule has 1 fully saturated rings. The number of aryl methyl sites for hydroxylation is 1. The fourth-order valence-corrected chi connectivity index (χ4v) is 4.95. The molecular formula is C26H21BrN4O4S. The average molecular weight is 565 g/mol. The number of thiocarbonyl (C=S) groups is 1. The first-order valence-electron chi connectivity index (χ1n) is 11.1. The van der Waals surface area contributed by atoms with Crippen LogP contribution in [-0.2, 0) is 0 Å². The van der Waals surface area contributed by atoms with E-state index in [1.165, 1.54) is 19.2 Å². The van der Waals surface area contributed by atoms with Crippen LogP contribution in [0.2, 0.25) is 0 Å². The van der Waals surface area contributed by atoms with Crippen LogP contribution in [0.1, 0.15) is 29.1 Å². The van der Waals surface area contributed by atoms with E-state index < -0.39 is 4.92 Å². The van der Waals surface area contributed by atoms with Crippen molar-refractivity contribution in [2.24, 2.45) is 0 Å². The quantitative estimate of drug-likeness (QED) is 0.161. The predicted molar refractivity (Wildman–Crippen MR) is 144 cm³/mol. The Morgan fingerprint density at radius 1 is 1.17 bits per heavy atom. The zero-order chi connectivity index (χ0) is 25.4. The number of benzene rings is 2. The molecule has 1 aliphatic rings. The van der Waals surface area contributed by atoms with Gasteiger partial charge in [0.05, 0.1) is 35.4 Å². The number of methoxy groups -OCH3 is 1. The highest BCUT2D eigenvalue weighted by Crippen LogP contribution is 2.44. The highest BCUT2D eigenvalue weighted by molar-refractivity contribution is 9.10. The molecule has 10 heteroatoms. The fraction of sp³-hybridized carbons (Fsp3) is 0.154. The van der Waals surface area contributed by atoms with E-state index in [1.54, 1.807) is 12.3 Å². The van der Waals surface area contributed by atoms with Gasteiger partial charge in [0.15, 0.2) is 5.11 Å². The summed E-state index contributed by atoms with van der Waals surface area (Å²) in [6, 6.07) is 19.4. The lowest BCUT2D eigenvalue weighted by Crippen LogP contribution is -2.29. The highest BCUT2D eigenvalue weighted by atomic mass is 79.9. The molecule has 5 rings (SSSR count). The van der Waals surface area contributed by atoms with Crippen molar-refractivity contribution in [1.29, 1.82) is 0 Å². The predicted octanol–water partition coefficient (Wildman–Crippen LogP) is 6.51. The van der Waals surface area contributed by atoms with E-state index >= 15 is 0 Å². The molecule has 0 bridgehead atoms. The summed E-state index contributed by atoms with van der Waals surface area (Å²) in [4.78, 5) is 17.3. The maximum Gasteiger partial charge on any atom is 0.273 e. The number of ether oxygens (including phenoxy) is 1. The van der Waals surface area contributed by atoms with Crippen LogP contribution in [-0.4, -0.2) is 22.1 Å². The van der Waals surface area contributed by atoms with Gasteiger partial charge in [-0.05, 0) is 73.2 Å². The summed E-state index contributed by atoms with van der Waals surface area (Å²) in [5.74, 6) is 1.54. The Labute approximate surface area is 221 Å². The number of nitrogens with one attached hydrogen (secondary N) is 1. The first-order valence-corrected chi connectivity index (χ1v) is 12.3. The third-order valence-corrected chi connectivity index (χ3v) is 7.30. The Hall–Kier alpha value is -3.76. The number of non-ortho nitro benzene ring substituents is 1. The van der Waals surface area contributed by atoms with Crippen LogP contribution in [0.25, 0.3) is 11.3 Å². The second-order valence-corrected chi connectivity index (χ2v) is 9.51. The molecule has 2 atom stereocenters. The first-order chi connectivity index (χ1) is 17.4. The molecule has 8 nitrogen and oxygen atoms in total. The number of pyridine rings is 1. The Morgan fingerprint density at radius 2 is 2.00 bits per heavy atom. The van der Waals surface area contributed by atoms with E-state index in [0.717, 1.165) is 21.4 Å². The number of nitro benzene ring substituents is 1. The Bertz CT molecular complexity index is 1460. The van der Waals surface area contributed by atoms with Crippen molar-refractivity contribution in [3.05, 3.63) is 105 Å². The summed E-state index contributed by atoms with van der Waals surface area (Å²) < 4.78 is 12.8. The largest absolute Gasteiger partial charge is 0.496 e. The molecule has 36 heavy (non-hydrogen) atoms. The van der Waals surface area contributed by atoms with Crippen molar-refractivity contribution in [2.75, 3.05) is 12.0 Å². The molecule has 2 aromatic carbocycles. The zero-order valence-electron chi connectivity index (χ0n) is 19.3. The summed E-state index contributed by atoms with van der Waals surface area (Å²) >= 11 is 9.35. The van der Waals surface area contributed by atoms with Crippen molar-refractivity contribution in [3.8, 4) is 17.1 Å². The molecule has 0 radical (unpaired) electrons. The standard InChI is InChI=1S/C26H21BrN4O4S/c1-15-13-16(7-9-19(15)27)30-25(24(29-26(30)36)20-5-3-4-12-28-20)22-11-10-21(35-22)18-8-6-17(31(32)33)14-23(18)34-2/h3-14,24-25H,1-2H3,(H,29,36)/t24-,25-/m0/s1. The van der Waals surface area contributed by atoms with Crippen molar-refractivity contribution < 1.29 is 14.1 Å². The van der Waals surface area contributed by atoms with Gasteiger partial charge in [0.25, 0.3) is 5.69 Å². The van der Waals surface area contributed by atoms with Crippen molar-refractivity contribution in [3.63, 3.8) is 0 Å². The van der Waals surface area contributed by atoms with Crippen LogP contribution in [0.15, 0.2) is 81.8 Å². The summed E-state index contributed by atoms with van der Waals surface area (Å²) in [7, 11) is 1.47. The lowest BCUT2D eigenvalue weighted by atomic mass is 10.0. The topological polar surface area (TPSA) is 93.7 Å². The Balaban J connectivity index is 1.60. The van der Waals surface area contributed by atoms with Gasteiger partial charge in [-0.1, -0.05) is 22.0 Å². The van der Waals surface area contributed by atoms with E-state index in [-0.39, 0.29) is 17.8 Å². The second-order valence-electron chi connectivity index (χ2n) is 8.27. The molecule has 2 aromatic heterocycles. The van der Waals surface area contributed by atoms with Crippen LogP contribution < -0.4 is 15.0 Å². The van der Waals surface area contributed by atoms with Gasteiger partial charge in [-0.25, -0.2) is 0 Å². The van der Waals surface area contributed by atoms with Crippen LogP contribution >= 0.6 is 28.1 Å². The smallest absolute Gasteiger partial charge is 0.273 e. The average Bonchev–Trinajstić information content (AvgIpc) is 3.50. The van der Waals surface area contributed by atoms with Crippen molar-refractivity contribution in [2.45, 2.75) is 19.0 Å². The molecule has 1 aliphatic heterocycles. The number of aromatic nitrogens is 1. The van der Waals surface area contributed by atoms with Gasteiger partial charge < -0.3 is 19.4 Å². The minimum Gasteiger partial charge on any atom is -0.496 e. The molecule has 0 amide bonds. The van der Waals surface area contributed by atoms with Crippen LogP contribution in [0.3, 0.4) is 0 Å². The van der Waals surface area contributed by atoms with Gasteiger partial charge in [0.2, 0.25) is 0 Å². The number of rotatable bonds is 6. The molecule has 182 valence electrons. The van der Waals surface area contributed by atoms with E-state index in [2.05, 4.69) is 32.3 Å². The summed E-state index contributed by atoms with van der Waals surface area (Å²) in [6.45, 7) is 2.03. The van der Waals surface area contributed by atoms with Gasteiger partial charge in [0.1, 0.15) is 23.3 Å². The fourth-order valence-electron chi connectivity index (χ4n) is 4.35. The van der Waals surface area contributed by atoms with Gasteiger partial charge in [0, 0.05) is 22.4 Å². The van der Waals surface area contributed by atoms with Gasteiger partial charge in [-0.2, -0.15) is 0 Å². The van der Waals surface area contributed by atoms with Crippen molar-refractivity contribution in [1.82, 2.24) is 10.3 Å². The number of nitro groups is 1. The number of hydrogen-bond donors (Lipinski definition) is 1. The second kappa shape index (κ2) is 9.71. The van der Waals surface area contributed by atoms with E-state index in [0.29, 0.717) is 27.9 Å². The lowest BCUT2D eigenvalue weighted by Gasteiger charge is -2.26. The normalized spacial score (nSPS) is 17.2. The Kier molecular flexibility index (Phi) is 6.46. The molecule has 0 unspecified atom stereocenters. The molecule has 4 aromatic rings. The maximum atomic E-state index is 11.2. The van der Waals surface area contributed by atoms with Crippen LogP contribution in [0, 0.1) is 17.0 Å². The number of anilines is 1. The van der Waals surface area contributed by atoms with Gasteiger partial charge >= 0.3 is 0 Å². The third-order valence-electron chi connectivity index (χ3n) is 6.10. The zero-order valence-corrected chi connectivity index (χ0v) is 21.7. The molecular weight excluding hydrogens is 544 g/mol. The van der Waals surface area contributed by atoms with Gasteiger partial charge in [-0.3, -0.25) is 15.1 Å². The van der Waals surface area contributed by atoms with E-state index in [4.69, 9.17) is 21.4 Å². The number of halogens is 1. The van der Waals surface area contributed by atoms with Crippen LogP contribution in [0.4, 0.5) is 11.4 Å². The maximum absolute atomic E-state index is 11.2. The molecule has 1 saturated heterocycles. The third kappa shape index (κ3) is 4.33. The first kappa shape index (κ1) is 24.0.